The highest BCUT2D eigenvalue weighted by Gasteiger charge is 2.03. The zero-order chi connectivity index (χ0) is 11.3. The maximum atomic E-state index is 4.50. The van der Waals surface area contributed by atoms with E-state index in [1.54, 1.807) is 0 Å². The van der Waals surface area contributed by atoms with Gasteiger partial charge in [-0.05, 0) is 32.7 Å². The molecule has 0 amide bonds. The van der Waals surface area contributed by atoms with Gasteiger partial charge in [-0.15, -0.1) is 0 Å². The van der Waals surface area contributed by atoms with Crippen LogP contribution in [-0.4, -0.2) is 16.8 Å². The Morgan fingerprint density at radius 1 is 1.47 bits per heavy atom. The van der Waals surface area contributed by atoms with Gasteiger partial charge in [-0.1, -0.05) is 13.8 Å². The Bertz CT molecular complexity index is 289. The van der Waals surface area contributed by atoms with E-state index in [1.165, 1.54) is 18.4 Å². The van der Waals surface area contributed by atoms with Crippen molar-refractivity contribution < 1.29 is 0 Å². The quantitative estimate of drug-likeness (QED) is 0.779. The van der Waals surface area contributed by atoms with E-state index in [0.717, 1.165) is 24.7 Å². The van der Waals surface area contributed by atoms with Crippen LogP contribution in [0.4, 0.5) is 0 Å². The van der Waals surface area contributed by atoms with Crippen molar-refractivity contribution in [1.29, 1.82) is 0 Å². The third-order valence-electron chi connectivity index (χ3n) is 2.58. The predicted molar refractivity (Wildman–Crippen MR) is 63.8 cm³/mol. The van der Waals surface area contributed by atoms with Crippen molar-refractivity contribution in [2.75, 3.05) is 7.05 Å². The summed E-state index contributed by atoms with van der Waals surface area (Å²) in [5.74, 6) is 0.790. The summed E-state index contributed by atoms with van der Waals surface area (Å²) in [6.45, 7) is 8.56. The molecule has 0 aliphatic heterocycles. The monoisotopic (exact) mass is 209 g/mol. The van der Waals surface area contributed by atoms with Gasteiger partial charge in [0.1, 0.15) is 0 Å². The molecule has 0 saturated heterocycles. The van der Waals surface area contributed by atoms with Gasteiger partial charge in [0.15, 0.2) is 0 Å². The molecular formula is C12H23N3. The predicted octanol–water partition coefficient (Wildman–Crippen LogP) is 2.35. The van der Waals surface area contributed by atoms with Gasteiger partial charge < -0.3 is 5.32 Å². The second kappa shape index (κ2) is 5.91. The van der Waals surface area contributed by atoms with E-state index in [4.69, 9.17) is 0 Å². The highest BCUT2D eigenvalue weighted by atomic mass is 15.3. The van der Waals surface area contributed by atoms with Crippen molar-refractivity contribution in [2.45, 2.75) is 46.7 Å². The Morgan fingerprint density at radius 2 is 2.20 bits per heavy atom. The number of nitrogens with one attached hydrogen (secondary N) is 1. The first-order valence-electron chi connectivity index (χ1n) is 5.81. The number of nitrogens with zero attached hydrogens (tertiary/aromatic N) is 2. The molecule has 1 N–H and O–H groups in total. The molecule has 0 spiro atoms. The van der Waals surface area contributed by atoms with E-state index in [9.17, 15) is 0 Å². The van der Waals surface area contributed by atoms with Crippen LogP contribution in [-0.2, 0) is 13.1 Å². The third kappa shape index (κ3) is 4.04. The first kappa shape index (κ1) is 12.2. The molecule has 0 fully saturated rings. The van der Waals surface area contributed by atoms with Crippen molar-refractivity contribution >= 4 is 0 Å². The van der Waals surface area contributed by atoms with E-state index in [2.05, 4.69) is 42.1 Å². The fourth-order valence-corrected chi connectivity index (χ4v) is 1.70. The highest BCUT2D eigenvalue weighted by Crippen LogP contribution is 2.08. The highest BCUT2D eigenvalue weighted by molar-refractivity contribution is 5.14. The Labute approximate surface area is 92.9 Å². The van der Waals surface area contributed by atoms with Crippen molar-refractivity contribution in [3.05, 3.63) is 17.5 Å². The molecule has 1 aromatic heterocycles. The minimum atomic E-state index is 0.790. The second-order valence-electron chi connectivity index (χ2n) is 4.57. The zero-order valence-corrected chi connectivity index (χ0v) is 10.4. The SMILES string of the molecule is CNCc1cn(CCCC(C)C)nc1C. The molecule has 0 aliphatic rings. The Balaban J connectivity index is 2.44. The van der Waals surface area contributed by atoms with E-state index < -0.39 is 0 Å². The molecule has 0 saturated carbocycles. The van der Waals surface area contributed by atoms with Crippen LogP contribution in [0, 0.1) is 12.8 Å². The van der Waals surface area contributed by atoms with Crippen LogP contribution >= 0.6 is 0 Å². The van der Waals surface area contributed by atoms with Crippen LogP contribution in [0.5, 0.6) is 0 Å². The fraction of sp³-hybridized carbons (Fsp3) is 0.750. The Hall–Kier alpha value is -0.830. The summed E-state index contributed by atoms with van der Waals surface area (Å²) in [6.07, 6.45) is 4.66. The molecule has 3 heteroatoms. The van der Waals surface area contributed by atoms with Crippen LogP contribution in [0.2, 0.25) is 0 Å². The molecule has 0 bridgehead atoms. The minimum Gasteiger partial charge on any atom is -0.316 e. The van der Waals surface area contributed by atoms with Gasteiger partial charge in [0.2, 0.25) is 0 Å². The lowest BCUT2D eigenvalue weighted by Gasteiger charge is -2.04. The zero-order valence-electron chi connectivity index (χ0n) is 10.4. The van der Waals surface area contributed by atoms with Crippen LogP contribution in [0.1, 0.15) is 37.9 Å². The van der Waals surface area contributed by atoms with Crippen molar-refractivity contribution in [1.82, 2.24) is 15.1 Å². The average Bonchev–Trinajstić information content (AvgIpc) is 2.47. The summed E-state index contributed by atoms with van der Waals surface area (Å²) in [5, 5.41) is 7.66. The lowest BCUT2D eigenvalue weighted by Crippen LogP contribution is -2.05. The van der Waals surface area contributed by atoms with E-state index in [1.807, 2.05) is 7.05 Å². The largest absolute Gasteiger partial charge is 0.316 e. The third-order valence-corrected chi connectivity index (χ3v) is 2.58. The van der Waals surface area contributed by atoms with Crippen molar-refractivity contribution in [3.8, 4) is 0 Å². The van der Waals surface area contributed by atoms with Gasteiger partial charge in [-0.3, -0.25) is 4.68 Å². The molecule has 1 heterocycles. The van der Waals surface area contributed by atoms with Crippen molar-refractivity contribution in [3.63, 3.8) is 0 Å². The maximum absolute atomic E-state index is 4.50. The van der Waals surface area contributed by atoms with E-state index >= 15 is 0 Å². The molecule has 0 unspecified atom stereocenters. The normalized spacial score (nSPS) is 11.3. The molecular weight excluding hydrogens is 186 g/mol. The molecule has 0 atom stereocenters. The van der Waals surface area contributed by atoms with Crippen LogP contribution in [0.15, 0.2) is 6.20 Å². The number of hydrogen-bond acceptors (Lipinski definition) is 2. The van der Waals surface area contributed by atoms with Crippen LogP contribution < -0.4 is 5.32 Å². The van der Waals surface area contributed by atoms with Crippen LogP contribution in [0.3, 0.4) is 0 Å². The molecule has 0 radical (unpaired) electrons. The lowest BCUT2D eigenvalue weighted by molar-refractivity contribution is 0.488. The number of rotatable bonds is 6. The van der Waals surface area contributed by atoms with Crippen LogP contribution in [0.25, 0.3) is 0 Å². The molecule has 0 aliphatic carbocycles. The summed E-state index contributed by atoms with van der Waals surface area (Å²) in [7, 11) is 1.97. The van der Waals surface area contributed by atoms with Gasteiger partial charge in [0.05, 0.1) is 5.69 Å². The Kier molecular flexibility index (Phi) is 4.82. The average molecular weight is 209 g/mol. The summed E-state index contributed by atoms with van der Waals surface area (Å²) in [5.41, 5.74) is 2.45. The molecule has 15 heavy (non-hydrogen) atoms. The lowest BCUT2D eigenvalue weighted by atomic mass is 10.1. The second-order valence-corrected chi connectivity index (χ2v) is 4.57. The first-order valence-corrected chi connectivity index (χ1v) is 5.81. The molecule has 0 aromatic carbocycles. The summed E-state index contributed by atoms with van der Waals surface area (Å²) in [4.78, 5) is 0. The van der Waals surface area contributed by atoms with E-state index in [0.29, 0.717) is 0 Å². The topological polar surface area (TPSA) is 29.9 Å². The molecule has 86 valence electrons. The minimum absolute atomic E-state index is 0.790. The number of aromatic nitrogens is 2. The number of aryl methyl sites for hydroxylation is 2. The Morgan fingerprint density at radius 3 is 2.80 bits per heavy atom. The summed E-state index contributed by atoms with van der Waals surface area (Å²) in [6, 6.07) is 0. The van der Waals surface area contributed by atoms with Gasteiger partial charge in [0.25, 0.3) is 0 Å². The van der Waals surface area contributed by atoms with Gasteiger partial charge in [-0.2, -0.15) is 5.10 Å². The van der Waals surface area contributed by atoms with Gasteiger partial charge >= 0.3 is 0 Å². The fourth-order valence-electron chi connectivity index (χ4n) is 1.70. The van der Waals surface area contributed by atoms with E-state index in [-0.39, 0.29) is 0 Å². The smallest absolute Gasteiger partial charge is 0.0638 e. The standard InChI is InChI=1S/C12H23N3/c1-10(2)6-5-7-15-9-12(8-13-4)11(3)14-15/h9-10,13H,5-8H2,1-4H3. The van der Waals surface area contributed by atoms with Gasteiger partial charge in [-0.25, -0.2) is 0 Å². The molecule has 3 nitrogen and oxygen atoms in total. The molecule has 1 aromatic rings. The summed E-state index contributed by atoms with van der Waals surface area (Å²) < 4.78 is 2.07. The molecule has 1 rings (SSSR count). The maximum Gasteiger partial charge on any atom is 0.0638 e. The van der Waals surface area contributed by atoms with Crippen molar-refractivity contribution in [2.24, 2.45) is 5.92 Å². The first-order chi connectivity index (χ1) is 7.13. The summed E-state index contributed by atoms with van der Waals surface area (Å²) >= 11 is 0. The van der Waals surface area contributed by atoms with Gasteiger partial charge in [0, 0.05) is 24.8 Å². The number of hydrogen-bond donors (Lipinski definition) is 1.